The van der Waals surface area contributed by atoms with Gasteiger partial charge in [0.1, 0.15) is 0 Å². The van der Waals surface area contributed by atoms with Crippen LogP contribution in [0.3, 0.4) is 0 Å². The maximum Gasteiger partial charge on any atom is 0.243 e. The Kier molecular flexibility index (Phi) is 4.46. The highest BCUT2D eigenvalue weighted by molar-refractivity contribution is 7.89. The van der Waals surface area contributed by atoms with Crippen LogP contribution < -0.4 is 0 Å². The molecule has 0 aromatic heterocycles. The van der Waals surface area contributed by atoms with E-state index in [1.54, 1.807) is 32.0 Å². The summed E-state index contributed by atoms with van der Waals surface area (Å²) < 4.78 is 25.6. The van der Waals surface area contributed by atoms with Crippen molar-refractivity contribution >= 4 is 10.0 Å². The second-order valence-corrected chi connectivity index (χ2v) is 5.33. The molecule has 0 radical (unpaired) electrons. The lowest BCUT2D eigenvalue weighted by Crippen LogP contribution is -2.30. The van der Waals surface area contributed by atoms with Gasteiger partial charge in [0, 0.05) is 13.1 Å². The fraction of sp³-hybridized carbons (Fsp3) is 0.455. The van der Waals surface area contributed by atoms with Crippen LogP contribution in [-0.4, -0.2) is 30.9 Å². The van der Waals surface area contributed by atoms with Gasteiger partial charge >= 0.3 is 0 Å². The van der Waals surface area contributed by atoms with Crippen molar-refractivity contribution in [3.8, 4) is 0 Å². The Balaban J connectivity index is 3.16. The fourth-order valence-electron chi connectivity index (χ4n) is 1.52. The third kappa shape index (κ3) is 2.61. The molecule has 4 nitrogen and oxygen atoms in total. The van der Waals surface area contributed by atoms with Crippen molar-refractivity contribution in [3.05, 3.63) is 29.8 Å². The van der Waals surface area contributed by atoms with Gasteiger partial charge in [-0.15, -0.1) is 0 Å². The van der Waals surface area contributed by atoms with Crippen molar-refractivity contribution in [2.24, 2.45) is 0 Å². The highest BCUT2D eigenvalue weighted by Crippen LogP contribution is 2.16. The minimum Gasteiger partial charge on any atom is -0.392 e. The Labute approximate surface area is 96.6 Å². The molecule has 1 rings (SSSR count). The number of hydrogen-bond acceptors (Lipinski definition) is 3. The first-order valence-electron chi connectivity index (χ1n) is 5.26. The van der Waals surface area contributed by atoms with Crippen molar-refractivity contribution < 1.29 is 13.5 Å². The summed E-state index contributed by atoms with van der Waals surface area (Å²) in [5.41, 5.74) is 0.605. The molecule has 0 bridgehead atoms. The summed E-state index contributed by atoms with van der Waals surface area (Å²) >= 11 is 0. The van der Waals surface area contributed by atoms with Crippen LogP contribution in [0.1, 0.15) is 19.4 Å². The van der Waals surface area contributed by atoms with Crippen LogP contribution in [0.5, 0.6) is 0 Å². The number of benzene rings is 1. The van der Waals surface area contributed by atoms with Gasteiger partial charge in [-0.3, -0.25) is 0 Å². The maximum absolute atomic E-state index is 12.1. The van der Waals surface area contributed by atoms with Crippen molar-refractivity contribution in [2.45, 2.75) is 25.3 Å². The molecule has 90 valence electrons. The molecule has 0 fully saturated rings. The van der Waals surface area contributed by atoms with Gasteiger partial charge in [0.15, 0.2) is 0 Å². The van der Waals surface area contributed by atoms with E-state index >= 15 is 0 Å². The standard InChI is InChI=1S/C11H17NO3S/c1-3-12(4-2)16(14,15)11-7-5-6-10(8-11)9-13/h5-8,13H,3-4,9H2,1-2H3. The van der Waals surface area contributed by atoms with Crippen molar-refractivity contribution in [3.63, 3.8) is 0 Å². The number of hydrogen-bond donors (Lipinski definition) is 1. The van der Waals surface area contributed by atoms with Gasteiger partial charge in [0.2, 0.25) is 10.0 Å². The predicted octanol–water partition coefficient (Wildman–Crippen LogP) is 1.21. The van der Waals surface area contributed by atoms with Crippen molar-refractivity contribution in [2.75, 3.05) is 13.1 Å². The average Bonchev–Trinajstić information content (AvgIpc) is 2.30. The molecule has 0 atom stereocenters. The third-order valence-corrected chi connectivity index (χ3v) is 4.47. The first kappa shape index (κ1) is 13.2. The lowest BCUT2D eigenvalue weighted by molar-refractivity contribution is 0.281. The maximum atomic E-state index is 12.1. The van der Waals surface area contributed by atoms with Crippen LogP contribution in [0.15, 0.2) is 29.2 Å². The minimum atomic E-state index is -3.41. The van der Waals surface area contributed by atoms with Crippen LogP contribution in [0.4, 0.5) is 0 Å². The normalized spacial score (nSPS) is 12.0. The Hall–Kier alpha value is -0.910. The van der Waals surface area contributed by atoms with Gasteiger partial charge in [-0.2, -0.15) is 4.31 Å². The summed E-state index contributed by atoms with van der Waals surface area (Å²) in [5, 5.41) is 8.97. The summed E-state index contributed by atoms with van der Waals surface area (Å²) in [6.07, 6.45) is 0. The second-order valence-electron chi connectivity index (χ2n) is 3.39. The van der Waals surface area contributed by atoms with E-state index < -0.39 is 10.0 Å². The van der Waals surface area contributed by atoms with E-state index in [9.17, 15) is 8.42 Å². The van der Waals surface area contributed by atoms with Crippen molar-refractivity contribution in [1.29, 1.82) is 0 Å². The number of nitrogens with zero attached hydrogens (tertiary/aromatic N) is 1. The monoisotopic (exact) mass is 243 g/mol. The van der Waals surface area contributed by atoms with Gasteiger partial charge in [-0.25, -0.2) is 8.42 Å². The van der Waals surface area contributed by atoms with E-state index in [0.717, 1.165) is 0 Å². The summed E-state index contributed by atoms with van der Waals surface area (Å²) in [5.74, 6) is 0. The van der Waals surface area contributed by atoms with E-state index in [2.05, 4.69) is 0 Å². The van der Waals surface area contributed by atoms with E-state index in [1.807, 2.05) is 0 Å². The lowest BCUT2D eigenvalue weighted by atomic mass is 10.2. The number of sulfonamides is 1. The zero-order valence-electron chi connectivity index (χ0n) is 9.55. The lowest BCUT2D eigenvalue weighted by Gasteiger charge is -2.18. The van der Waals surface area contributed by atoms with E-state index in [1.165, 1.54) is 10.4 Å². The Morgan fingerprint density at radius 2 is 1.88 bits per heavy atom. The highest BCUT2D eigenvalue weighted by atomic mass is 32.2. The summed E-state index contributed by atoms with van der Waals surface area (Å²) in [7, 11) is -3.41. The molecule has 0 aliphatic carbocycles. The SMILES string of the molecule is CCN(CC)S(=O)(=O)c1cccc(CO)c1. The number of aliphatic hydroxyl groups is 1. The molecule has 0 unspecified atom stereocenters. The molecule has 1 aromatic carbocycles. The van der Waals surface area contributed by atoms with Gasteiger partial charge in [-0.05, 0) is 17.7 Å². The summed E-state index contributed by atoms with van der Waals surface area (Å²) in [4.78, 5) is 0.239. The Morgan fingerprint density at radius 1 is 1.25 bits per heavy atom. The van der Waals surface area contributed by atoms with E-state index in [-0.39, 0.29) is 11.5 Å². The molecule has 16 heavy (non-hydrogen) atoms. The summed E-state index contributed by atoms with van der Waals surface area (Å²) in [6, 6.07) is 6.39. The van der Waals surface area contributed by atoms with Crippen LogP contribution in [0.25, 0.3) is 0 Å². The quantitative estimate of drug-likeness (QED) is 0.845. The Bertz CT molecular complexity index is 438. The topological polar surface area (TPSA) is 57.6 Å². The largest absolute Gasteiger partial charge is 0.392 e. The molecule has 0 saturated carbocycles. The molecule has 0 heterocycles. The van der Waals surface area contributed by atoms with Crippen LogP contribution in [0.2, 0.25) is 0 Å². The van der Waals surface area contributed by atoms with Gasteiger partial charge in [0.25, 0.3) is 0 Å². The van der Waals surface area contributed by atoms with Gasteiger partial charge in [-0.1, -0.05) is 26.0 Å². The molecule has 0 aliphatic rings. The van der Waals surface area contributed by atoms with Gasteiger partial charge in [0.05, 0.1) is 11.5 Å². The first-order valence-corrected chi connectivity index (χ1v) is 6.70. The molecule has 0 aliphatic heterocycles. The van der Waals surface area contributed by atoms with Gasteiger partial charge < -0.3 is 5.11 Å². The van der Waals surface area contributed by atoms with Crippen LogP contribution in [-0.2, 0) is 16.6 Å². The molecule has 0 saturated heterocycles. The summed E-state index contributed by atoms with van der Waals surface area (Å²) in [6.45, 7) is 4.35. The molecule has 1 aromatic rings. The third-order valence-electron chi connectivity index (χ3n) is 2.42. The fourth-order valence-corrected chi connectivity index (χ4v) is 3.05. The molecular formula is C11H17NO3S. The van der Waals surface area contributed by atoms with E-state index in [0.29, 0.717) is 18.7 Å². The number of aliphatic hydroxyl groups excluding tert-OH is 1. The molecular weight excluding hydrogens is 226 g/mol. The van der Waals surface area contributed by atoms with Crippen LogP contribution in [0, 0.1) is 0 Å². The number of rotatable bonds is 5. The molecule has 5 heteroatoms. The minimum absolute atomic E-state index is 0.151. The zero-order chi connectivity index (χ0) is 12.2. The molecule has 1 N–H and O–H groups in total. The molecule has 0 spiro atoms. The predicted molar refractivity (Wildman–Crippen MR) is 62.5 cm³/mol. The van der Waals surface area contributed by atoms with Crippen molar-refractivity contribution in [1.82, 2.24) is 4.31 Å². The highest BCUT2D eigenvalue weighted by Gasteiger charge is 2.21. The smallest absolute Gasteiger partial charge is 0.243 e. The molecule has 0 amide bonds. The van der Waals surface area contributed by atoms with E-state index in [4.69, 9.17) is 5.11 Å². The zero-order valence-corrected chi connectivity index (χ0v) is 10.4. The van der Waals surface area contributed by atoms with Crippen LogP contribution >= 0.6 is 0 Å². The average molecular weight is 243 g/mol. The Morgan fingerprint density at radius 3 is 2.38 bits per heavy atom. The second kappa shape index (κ2) is 5.43. The first-order chi connectivity index (χ1) is 7.56.